The molecular weight excluding hydrogens is 282 g/mol. The molecule has 1 spiro atoms. The topological polar surface area (TPSA) is 70.0 Å². The molecule has 2 N–H and O–H groups in total. The molecule has 5 heteroatoms. The standard InChI is InChI=1S/C17H23NO4/c1-3-22-14-10-13(17(14)8-5-9-17)18(2)16(21)11-6-4-7-12(19)15(11)20/h4,6-7,13-14,19-20H,3,5,8-10H2,1-2H3. The van der Waals surface area contributed by atoms with Crippen molar-refractivity contribution < 1.29 is 19.7 Å². The van der Waals surface area contributed by atoms with Gasteiger partial charge in [-0.3, -0.25) is 4.79 Å². The quantitative estimate of drug-likeness (QED) is 0.839. The van der Waals surface area contributed by atoms with E-state index in [-0.39, 0.29) is 40.5 Å². The Balaban J connectivity index is 1.78. The number of para-hydroxylation sites is 1. The van der Waals surface area contributed by atoms with Gasteiger partial charge in [0.2, 0.25) is 0 Å². The summed E-state index contributed by atoms with van der Waals surface area (Å²) in [6.07, 6.45) is 4.44. The van der Waals surface area contributed by atoms with Gasteiger partial charge in [-0.05, 0) is 38.3 Å². The molecule has 3 rings (SSSR count). The Morgan fingerprint density at radius 1 is 1.41 bits per heavy atom. The Bertz CT molecular complexity index is 582. The second-order valence-corrected chi connectivity index (χ2v) is 6.37. The van der Waals surface area contributed by atoms with Crippen molar-refractivity contribution in [2.24, 2.45) is 5.41 Å². The van der Waals surface area contributed by atoms with Crippen LogP contribution in [-0.4, -0.2) is 46.8 Å². The van der Waals surface area contributed by atoms with Crippen molar-refractivity contribution in [3.63, 3.8) is 0 Å². The molecule has 1 aromatic carbocycles. The maximum absolute atomic E-state index is 12.7. The minimum atomic E-state index is -0.345. The number of phenolic OH excluding ortho intramolecular Hbond substituents is 2. The maximum atomic E-state index is 12.7. The summed E-state index contributed by atoms with van der Waals surface area (Å²) in [7, 11) is 1.78. The van der Waals surface area contributed by atoms with E-state index in [0.717, 1.165) is 19.3 Å². The van der Waals surface area contributed by atoms with Crippen LogP contribution in [0, 0.1) is 5.41 Å². The highest BCUT2D eigenvalue weighted by molar-refractivity contribution is 5.97. The van der Waals surface area contributed by atoms with E-state index in [1.54, 1.807) is 24.1 Å². The van der Waals surface area contributed by atoms with E-state index in [0.29, 0.717) is 6.61 Å². The van der Waals surface area contributed by atoms with Crippen molar-refractivity contribution in [1.29, 1.82) is 0 Å². The number of carbonyl (C=O) groups excluding carboxylic acids is 1. The van der Waals surface area contributed by atoms with Crippen LogP contribution >= 0.6 is 0 Å². The van der Waals surface area contributed by atoms with Crippen LogP contribution in [0.2, 0.25) is 0 Å². The van der Waals surface area contributed by atoms with Crippen molar-refractivity contribution in [1.82, 2.24) is 4.90 Å². The first kappa shape index (κ1) is 15.2. The largest absolute Gasteiger partial charge is 0.504 e. The Hall–Kier alpha value is -1.75. The molecule has 0 heterocycles. The first-order valence-electron chi connectivity index (χ1n) is 7.91. The summed E-state index contributed by atoms with van der Waals surface area (Å²) < 4.78 is 5.82. The third-order valence-corrected chi connectivity index (χ3v) is 5.43. The van der Waals surface area contributed by atoms with E-state index >= 15 is 0 Å². The SMILES string of the molecule is CCOC1CC(N(C)C(=O)c2cccc(O)c2O)C12CCC2. The van der Waals surface area contributed by atoms with Gasteiger partial charge in [0.15, 0.2) is 11.5 Å². The van der Waals surface area contributed by atoms with E-state index in [1.165, 1.54) is 12.5 Å². The summed E-state index contributed by atoms with van der Waals surface area (Å²) in [5.41, 5.74) is 0.240. The molecule has 0 aliphatic heterocycles. The average Bonchev–Trinajstić information content (AvgIpc) is 2.43. The van der Waals surface area contributed by atoms with Gasteiger partial charge in [0.05, 0.1) is 11.7 Å². The van der Waals surface area contributed by atoms with Gasteiger partial charge >= 0.3 is 0 Å². The molecule has 2 atom stereocenters. The minimum Gasteiger partial charge on any atom is -0.504 e. The van der Waals surface area contributed by atoms with E-state index in [4.69, 9.17) is 4.74 Å². The summed E-state index contributed by atoms with van der Waals surface area (Å²) in [6, 6.07) is 4.62. The molecule has 0 saturated heterocycles. The third kappa shape index (κ3) is 2.07. The molecule has 2 aliphatic carbocycles. The molecule has 120 valence electrons. The van der Waals surface area contributed by atoms with Crippen molar-refractivity contribution in [3.05, 3.63) is 23.8 Å². The van der Waals surface area contributed by atoms with Gasteiger partial charge in [-0.25, -0.2) is 0 Å². The van der Waals surface area contributed by atoms with Gasteiger partial charge in [0.1, 0.15) is 0 Å². The fourth-order valence-electron chi connectivity index (χ4n) is 3.98. The zero-order valence-electron chi connectivity index (χ0n) is 13.1. The van der Waals surface area contributed by atoms with Gasteiger partial charge in [0, 0.05) is 25.1 Å². The number of amides is 1. The van der Waals surface area contributed by atoms with Gasteiger partial charge < -0.3 is 19.8 Å². The lowest BCUT2D eigenvalue weighted by molar-refractivity contribution is -0.192. The normalized spacial score (nSPS) is 25.4. The van der Waals surface area contributed by atoms with Crippen molar-refractivity contribution >= 4 is 5.91 Å². The molecule has 22 heavy (non-hydrogen) atoms. The zero-order valence-corrected chi connectivity index (χ0v) is 13.1. The maximum Gasteiger partial charge on any atom is 0.257 e. The van der Waals surface area contributed by atoms with Crippen LogP contribution in [0.4, 0.5) is 0 Å². The predicted molar refractivity (Wildman–Crippen MR) is 82.0 cm³/mol. The number of hydrogen-bond donors (Lipinski definition) is 2. The van der Waals surface area contributed by atoms with Gasteiger partial charge in [-0.2, -0.15) is 0 Å². The van der Waals surface area contributed by atoms with Gasteiger partial charge in [-0.15, -0.1) is 0 Å². The molecule has 1 aromatic rings. The third-order valence-electron chi connectivity index (χ3n) is 5.43. The van der Waals surface area contributed by atoms with E-state index in [9.17, 15) is 15.0 Å². The average molecular weight is 305 g/mol. The first-order chi connectivity index (χ1) is 10.5. The van der Waals surface area contributed by atoms with Crippen LogP contribution in [0.3, 0.4) is 0 Å². The number of aromatic hydroxyl groups is 2. The molecule has 0 radical (unpaired) electrons. The Morgan fingerprint density at radius 2 is 2.14 bits per heavy atom. The lowest BCUT2D eigenvalue weighted by atomic mass is 9.50. The number of nitrogens with zero attached hydrogens (tertiary/aromatic N) is 1. The Morgan fingerprint density at radius 3 is 2.73 bits per heavy atom. The summed E-state index contributed by atoms with van der Waals surface area (Å²) in [5.74, 6) is -0.860. The van der Waals surface area contributed by atoms with Crippen LogP contribution in [0.25, 0.3) is 0 Å². The van der Waals surface area contributed by atoms with E-state index in [1.807, 2.05) is 6.92 Å². The molecule has 0 bridgehead atoms. The van der Waals surface area contributed by atoms with Crippen molar-refractivity contribution in [3.8, 4) is 11.5 Å². The number of phenols is 2. The fourth-order valence-corrected chi connectivity index (χ4v) is 3.98. The molecule has 2 unspecified atom stereocenters. The predicted octanol–water partition coefficient (Wildman–Crippen LogP) is 2.52. The number of carbonyl (C=O) groups is 1. The van der Waals surface area contributed by atoms with E-state index in [2.05, 4.69) is 0 Å². The summed E-state index contributed by atoms with van der Waals surface area (Å²) in [4.78, 5) is 14.4. The highest BCUT2D eigenvalue weighted by Gasteiger charge is 2.61. The zero-order chi connectivity index (χ0) is 15.9. The first-order valence-corrected chi connectivity index (χ1v) is 7.91. The molecule has 0 aromatic heterocycles. The van der Waals surface area contributed by atoms with Crippen LogP contribution in [0.5, 0.6) is 11.5 Å². The number of hydrogen-bond acceptors (Lipinski definition) is 4. The Labute approximate surface area is 130 Å². The second kappa shape index (κ2) is 5.47. The van der Waals surface area contributed by atoms with Crippen molar-refractivity contribution in [2.75, 3.05) is 13.7 Å². The van der Waals surface area contributed by atoms with Gasteiger partial charge in [-0.1, -0.05) is 12.5 Å². The molecular formula is C17H23NO4. The van der Waals surface area contributed by atoms with Crippen LogP contribution < -0.4 is 0 Å². The highest BCUT2D eigenvalue weighted by Crippen LogP contribution is 2.59. The van der Waals surface area contributed by atoms with Gasteiger partial charge in [0.25, 0.3) is 5.91 Å². The molecule has 2 saturated carbocycles. The van der Waals surface area contributed by atoms with E-state index < -0.39 is 0 Å². The number of ether oxygens (including phenoxy) is 1. The fraction of sp³-hybridized carbons (Fsp3) is 0.588. The smallest absolute Gasteiger partial charge is 0.257 e. The molecule has 1 amide bonds. The summed E-state index contributed by atoms with van der Waals surface area (Å²) in [6.45, 7) is 2.70. The molecule has 2 aliphatic rings. The Kier molecular flexibility index (Phi) is 3.77. The molecule has 2 fully saturated rings. The number of rotatable bonds is 4. The second-order valence-electron chi connectivity index (χ2n) is 6.37. The molecule has 5 nitrogen and oxygen atoms in total. The van der Waals surface area contributed by atoms with Crippen molar-refractivity contribution in [2.45, 2.75) is 44.8 Å². The lowest BCUT2D eigenvalue weighted by Crippen LogP contribution is -2.67. The lowest BCUT2D eigenvalue weighted by Gasteiger charge is -2.63. The van der Waals surface area contributed by atoms with Crippen LogP contribution in [0.15, 0.2) is 18.2 Å². The van der Waals surface area contributed by atoms with Crippen LogP contribution in [0.1, 0.15) is 43.0 Å². The monoisotopic (exact) mass is 305 g/mol. The number of benzene rings is 1. The summed E-state index contributed by atoms with van der Waals surface area (Å²) >= 11 is 0. The highest BCUT2D eigenvalue weighted by atomic mass is 16.5. The van der Waals surface area contributed by atoms with Crippen LogP contribution in [-0.2, 0) is 4.74 Å². The minimum absolute atomic E-state index is 0.0901. The summed E-state index contributed by atoms with van der Waals surface area (Å²) in [5, 5.41) is 19.5.